The summed E-state index contributed by atoms with van der Waals surface area (Å²) in [5, 5.41) is 3.35. The molecule has 174 valence electrons. The molecule has 0 aliphatic rings. The summed E-state index contributed by atoms with van der Waals surface area (Å²) in [6.07, 6.45) is 2.63. The molecule has 2 N–H and O–H groups in total. The third kappa shape index (κ3) is 5.69. The first-order valence-electron chi connectivity index (χ1n) is 9.82. The highest BCUT2D eigenvalue weighted by atomic mass is 35.5. The Morgan fingerprint density at radius 3 is 2.50 bits per heavy atom. The number of sulfonamides is 1. The van der Waals surface area contributed by atoms with Gasteiger partial charge in [-0.1, -0.05) is 35.3 Å². The summed E-state index contributed by atoms with van der Waals surface area (Å²) in [4.78, 5) is 16.6. The van der Waals surface area contributed by atoms with Gasteiger partial charge in [0.15, 0.2) is 6.39 Å². The van der Waals surface area contributed by atoms with Crippen LogP contribution in [0, 0.1) is 0 Å². The number of hydrogen-bond donors (Lipinski definition) is 2. The predicted molar refractivity (Wildman–Crippen MR) is 128 cm³/mol. The van der Waals surface area contributed by atoms with Crippen molar-refractivity contribution in [3.05, 3.63) is 101 Å². The quantitative estimate of drug-likeness (QED) is 0.319. The second kappa shape index (κ2) is 10.2. The van der Waals surface area contributed by atoms with Crippen molar-refractivity contribution in [3.8, 4) is 11.5 Å². The summed E-state index contributed by atoms with van der Waals surface area (Å²) in [6.45, 7) is 0.0981. The molecule has 0 fully saturated rings. The van der Waals surface area contributed by atoms with E-state index in [4.69, 9.17) is 32.4 Å². The fourth-order valence-corrected chi connectivity index (χ4v) is 4.36. The van der Waals surface area contributed by atoms with Crippen LogP contribution in [-0.2, 0) is 16.6 Å². The van der Waals surface area contributed by atoms with E-state index in [2.05, 4.69) is 15.0 Å². The number of benzene rings is 3. The molecule has 0 saturated heterocycles. The zero-order valence-corrected chi connectivity index (χ0v) is 19.7. The molecule has 0 bridgehead atoms. The Morgan fingerprint density at radius 2 is 1.79 bits per heavy atom. The van der Waals surface area contributed by atoms with Gasteiger partial charge < -0.3 is 14.5 Å². The Morgan fingerprint density at radius 1 is 1.03 bits per heavy atom. The van der Waals surface area contributed by atoms with Crippen LogP contribution in [0.5, 0.6) is 11.5 Å². The van der Waals surface area contributed by atoms with E-state index in [0.29, 0.717) is 22.2 Å². The van der Waals surface area contributed by atoms with Crippen molar-refractivity contribution in [1.29, 1.82) is 0 Å². The number of halogens is 2. The van der Waals surface area contributed by atoms with Gasteiger partial charge in [-0.05, 0) is 54.6 Å². The van der Waals surface area contributed by atoms with Gasteiger partial charge in [-0.25, -0.2) is 13.4 Å². The zero-order valence-electron chi connectivity index (χ0n) is 17.4. The molecule has 3 aromatic carbocycles. The second-order valence-electron chi connectivity index (χ2n) is 6.96. The van der Waals surface area contributed by atoms with Gasteiger partial charge in [-0.15, -0.1) is 0 Å². The Bertz CT molecular complexity index is 1410. The lowest BCUT2D eigenvalue weighted by atomic mass is 10.1. The van der Waals surface area contributed by atoms with Crippen molar-refractivity contribution in [1.82, 2.24) is 10.3 Å². The fourth-order valence-electron chi connectivity index (χ4n) is 2.93. The highest BCUT2D eigenvalue weighted by Crippen LogP contribution is 2.30. The van der Waals surface area contributed by atoms with Crippen LogP contribution in [0.3, 0.4) is 0 Å². The number of aromatic nitrogens is 1. The van der Waals surface area contributed by atoms with Gasteiger partial charge >= 0.3 is 0 Å². The number of ether oxygens (including phenoxy) is 1. The van der Waals surface area contributed by atoms with E-state index in [1.165, 1.54) is 55.1 Å². The third-order valence-corrected chi connectivity index (χ3v) is 6.51. The molecule has 11 heteroatoms. The van der Waals surface area contributed by atoms with Gasteiger partial charge in [0, 0.05) is 5.02 Å². The van der Waals surface area contributed by atoms with Gasteiger partial charge in [-0.3, -0.25) is 9.52 Å². The van der Waals surface area contributed by atoms with Crippen molar-refractivity contribution in [2.75, 3.05) is 4.72 Å². The van der Waals surface area contributed by atoms with Crippen molar-refractivity contribution < 1.29 is 22.4 Å². The van der Waals surface area contributed by atoms with Crippen LogP contribution in [0.1, 0.15) is 16.1 Å². The first-order chi connectivity index (χ1) is 16.3. The number of oxazole rings is 1. The normalized spacial score (nSPS) is 11.1. The Balaban J connectivity index is 1.51. The predicted octanol–water partition coefficient (Wildman–Crippen LogP) is 5.50. The van der Waals surface area contributed by atoms with E-state index in [1.54, 1.807) is 24.3 Å². The monoisotopic (exact) mass is 517 g/mol. The minimum Gasteiger partial charge on any atom is -0.456 e. The topological polar surface area (TPSA) is 111 Å². The lowest BCUT2D eigenvalue weighted by Crippen LogP contribution is -2.25. The van der Waals surface area contributed by atoms with Crippen molar-refractivity contribution in [2.45, 2.75) is 11.4 Å². The molecule has 1 amide bonds. The van der Waals surface area contributed by atoms with E-state index in [-0.39, 0.29) is 27.7 Å². The SMILES string of the molecule is O=C(NCc1cocn1)c1cc(Cl)ccc1NS(=O)(=O)c1ccc(Oc2ccccc2Cl)cc1. The van der Waals surface area contributed by atoms with E-state index in [0.717, 1.165) is 0 Å². The number of carbonyl (C=O) groups excluding carboxylic acids is 1. The van der Waals surface area contributed by atoms with E-state index < -0.39 is 15.9 Å². The molecule has 0 saturated carbocycles. The molecule has 0 spiro atoms. The van der Waals surface area contributed by atoms with Gasteiger partial charge in [0.05, 0.1) is 33.4 Å². The average Bonchev–Trinajstić information content (AvgIpc) is 3.34. The van der Waals surface area contributed by atoms with E-state index in [1.807, 2.05) is 0 Å². The highest BCUT2D eigenvalue weighted by molar-refractivity contribution is 7.92. The number of hydrogen-bond acceptors (Lipinski definition) is 6. The highest BCUT2D eigenvalue weighted by Gasteiger charge is 2.20. The van der Waals surface area contributed by atoms with E-state index >= 15 is 0 Å². The van der Waals surface area contributed by atoms with Crippen LogP contribution in [0.4, 0.5) is 5.69 Å². The molecule has 1 heterocycles. The first-order valence-corrected chi connectivity index (χ1v) is 12.1. The molecule has 0 unspecified atom stereocenters. The molecule has 0 radical (unpaired) electrons. The minimum atomic E-state index is -4.02. The molecule has 4 aromatic rings. The third-order valence-electron chi connectivity index (χ3n) is 4.58. The van der Waals surface area contributed by atoms with Crippen LogP contribution in [0.2, 0.25) is 10.0 Å². The molecular weight excluding hydrogens is 501 g/mol. The van der Waals surface area contributed by atoms with Gasteiger partial charge in [0.25, 0.3) is 15.9 Å². The van der Waals surface area contributed by atoms with Crippen molar-refractivity contribution in [3.63, 3.8) is 0 Å². The number of amides is 1. The molecule has 0 aliphatic carbocycles. The maximum Gasteiger partial charge on any atom is 0.261 e. The molecular formula is C23H17Cl2N3O5S. The fraction of sp³-hybridized carbons (Fsp3) is 0.0435. The Kier molecular flexibility index (Phi) is 7.06. The van der Waals surface area contributed by atoms with E-state index in [9.17, 15) is 13.2 Å². The van der Waals surface area contributed by atoms with Crippen molar-refractivity contribution in [2.24, 2.45) is 0 Å². The number of para-hydroxylation sites is 1. The summed E-state index contributed by atoms with van der Waals surface area (Å²) >= 11 is 12.1. The zero-order chi connectivity index (χ0) is 24.1. The molecule has 4 rings (SSSR count). The first kappa shape index (κ1) is 23.6. The average molecular weight is 518 g/mol. The molecule has 34 heavy (non-hydrogen) atoms. The Labute approximate surface area is 205 Å². The summed E-state index contributed by atoms with van der Waals surface area (Å²) in [6, 6.07) is 17.0. The van der Waals surface area contributed by atoms with Gasteiger partial charge in [-0.2, -0.15) is 0 Å². The molecule has 1 aromatic heterocycles. The maximum atomic E-state index is 13.0. The minimum absolute atomic E-state index is 0.0251. The van der Waals surface area contributed by atoms with Gasteiger partial charge in [0.1, 0.15) is 17.8 Å². The number of nitrogens with zero attached hydrogens (tertiary/aromatic N) is 1. The smallest absolute Gasteiger partial charge is 0.261 e. The number of rotatable bonds is 8. The maximum absolute atomic E-state index is 13.0. The summed E-state index contributed by atoms with van der Waals surface area (Å²) in [7, 11) is -4.02. The van der Waals surface area contributed by atoms with Crippen LogP contribution in [0.25, 0.3) is 0 Å². The van der Waals surface area contributed by atoms with Gasteiger partial charge in [0.2, 0.25) is 0 Å². The lowest BCUT2D eigenvalue weighted by Gasteiger charge is -2.14. The van der Waals surface area contributed by atoms with Crippen LogP contribution >= 0.6 is 23.2 Å². The summed E-state index contributed by atoms with van der Waals surface area (Å²) < 4.78 is 38.9. The van der Waals surface area contributed by atoms with Crippen molar-refractivity contribution >= 4 is 44.8 Å². The molecule has 0 atom stereocenters. The largest absolute Gasteiger partial charge is 0.456 e. The standard InChI is InChI=1S/C23H17Cl2N3O5S/c24-15-5-10-21(19(11-15)23(29)26-12-16-13-32-14-27-16)28-34(30,31)18-8-6-17(7-9-18)33-22-4-2-1-3-20(22)25/h1-11,13-14,28H,12H2,(H,26,29). The summed E-state index contributed by atoms with van der Waals surface area (Å²) in [5.41, 5.74) is 0.633. The molecule has 0 aliphatic heterocycles. The number of carbonyl (C=O) groups is 1. The molecule has 8 nitrogen and oxygen atoms in total. The number of anilines is 1. The Hall–Kier alpha value is -3.53. The number of nitrogens with one attached hydrogen (secondary N) is 2. The summed E-state index contributed by atoms with van der Waals surface area (Å²) in [5.74, 6) is 0.318. The lowest BCUT2D eigenvalue weighted by molar-refractivity contribution is 0.0951. The van der Waals surface area contributed by atoms with Crippen LogP contribution < -0.4 is 14.8 Å². The van der Waals surface area contributed by atoms with Crippen LogP contribution in [0.15, 0.2) is 88.7 Å². The second-order valence-corrected chi connectivity index (χ2v) is 9.49. The van der Waals surface area contributed by atoms with Crippen LogP contribution in [-0.4, -0.2) is 19.3 Å².